The third-order valence-corrected chi connectivity index (χ3v) is 1.78. The van der Waals surface area contributed by atoms with Gasteiger partial charge in [0.2, 0.25) is 0 Å². The maximum absolute atomic E-state index is 11.3. The molecule has 0 aliphatic carbocycles. The van der Waals surface area contributed by atoms with Crippen LogP contribution in [0.4, 0.5) is 0 Å². The van der Waals surface area contributed by atoms with Crippen LogP contribution in [0.3, 0.4) is 0 Å². The lowest BCUT2D eigenvalue weighted by Gasteiger charge is -2.01. The number of methoxy groups -OCH3 is 1. The second-order valence-corrected chi connectivity index (χ2v) is 2.69. The number of carbonyl (C=O) groups excluding carboxylic acids is 1. The van der Waals surface area contributed by atoms with Gasteiger partial charge >= 0.3 is 0 Å². The van der Waals surface area contributed by atoms with Gasteiger partial charge in [0, 0.05) is 12.0 Å². The molecule has 1 aromatic carbocycles. The molecule has 0 radical (unpaired) electrons. The maximum Gasteiger partial charge on any atom is 0.164 e. The topological polar surface area (TPSA) is 52.3 Å². The van der Waals surface area contributed by atoms with Crippen LogP contribution in [0.5, 0.6) is 5.75 Å². The lowest BCUT2D eigenvalue weighted by Crippen LogP contribution is -2.07. The van der Waals surface area contributed by atoms with Crippen molar-refractivity contribution in [2.24, 2.45) is 5.73 Å². The molecular weight excluding hydrogens is 202 g/mol. The third-order valence-electron chi connectivity index (χ3n) is 1.78. The minimum absolute atomic E-state index is 0. The van der Waals surface area contributed by atoms with Gasteiger partial charge in [0.1, 0.15) is 5.75 Å². The predicted molar refractivity (Wildman–Crippen MR) is 58.2 cm³/mol. The van der Waals surface area contributed by atoms with E-state index in [2.05, 4.69) is 0 Å². The van der Waals surface area contributed by atoms with Gasteiger partial charge in [0.05, 0.1) is 7.11 Å². The highest BCUT2D eigenvalue weighted by Crippen LogP contribution is 2.12. The van der Waals surface area contributed by atoms with Gasteiger partial charge in [-0.2, -0.15) is 0 Å². The molecule has 3 nitrogen and oxygen atoms in total. The zero-order chi connectivity index (χ0) is 9.68. The fourth-order valence-electron chi connectivity index (χ4n) is 1.05. The van der Waals surface area contributed by atoms with Crippen LogP contribution in [0.2, 0.25) is 0 Å². The predicted octanol–water partition coefficient (Wildman–Crippen LogP) is 1.65. The molecule has 0 aliphatic heterocycles. The summed E-state index contributed by atoms with van der Waals surface area (Å²) in [6.45, 7) is 0.394. The molecule has 0 bridgehead atoms. The summed E-state index contributed by atoms with van der Waals surface area (Å²) in [7, 11) is 1.59. The Bertz CT molecular complexity index is 285. The van der Waals surface area contributed by atoms with Gasteiger partial charge < -0.3 is 10.5 Å². The lowest BCUT2D eigenvalue weighted by molar-refractivity contribution is 0.0985. The first-order valence-corrected chi connectivity index (χ1v) is 4.15. The standard InChI is InChI=1S/C10H13NO2.ClH/c1-13-9-4-2-8(3-5-9)10(12)6-7-11;/h2-5H,6-7,11H2,1H3;1H. The summed E-state index contributed by atoms with van der Waals surface area (Å²) in [5, 5.41) is 0. The highest BCUT2D eigenvalue weighted by Gasteiger charge is 2.03. The average Bonchev–Trinajstić information content (AvgIpc) is 2.18. The highest BCUT2D eigenvalue weighted by atomic mass is 35.5. The van der Waals surface area contributed by atoms with Gasteiger partial charge in [-0.05, 0) is 30.8 Å². The summed E-state index contributed by atoms with van der Waals surface area (Å²) in [6.07, 6.45) is 0.395. The summed E-state index contributed by atoms with van der Waals surface area (Å²) in [5.41, 5.74) is 5.96. The smallest absolute Gasteiger partial charge is 0.164 e. The van der Waals surface area contributed by atoms with Crippen LogP contribution >= 0.6 is 12.4 Å². The van der Waals surface area contributed by atoms with E-state index in [1.807, 2.05) is 0 Å². The van der Waals surface area contributed by atoms with Crippen molar-refractivity contribution in [3.05, 3.63) is 29.8 Å². The number of halogens is 1. The first kappa shape index (κ1) is 12.9. The fraction of sp³-hybridized carbons (Fsp3) is 0.300. The number of hydrogen-bond donors (Lipinski definition) is 1. The maximum atomic E-state index is 11.3. The molecular formula is C10H14ClNO2. The Kier molecular flexibility index (Phi) is 5.92. The van der Waals surface area contributed by atoms with E-state index in [1.165, 1.54) is 0 Å². The Hall–Kier alpha value is -1.06. The molecule has 14 heavy (non-hydrogen) atoms. The largest absolute Gasteiger partial charge is 0.497 e. The first-order valence-electron chi connectivity index (χ1n) is 4.15. The molecule has 1 aromatic rings. The number of ether oxygens (including phenoxy) is 1. The van der Waals surface area contributed by atoms with Gasteiger partial charge in [0.25, 0.3) is 0 Å². The van der Waals surface area contributed by atoms with Crippen molar-refractivity contribution in [3.63, 3.8) is 0 Å². The quantitative estimate of drug-likeness (QED) is 0.778. The van der Waals surface area contributed by atoms with E-state index in [4.69, 9.17) is 10.5 Å². The van der Waals surface area contributed by atoms with Gasteiger partial charge in [-0.3, -0.25) is 4.79 Å². The Morgan fingerprint density at radius 2 is 1.93 bits per heavy atom. The monoisotopic (exact) mass is 215 g/mol. The second kappa shape index (κ2) is 6.40. The van der Waals surface area contributed by atoms with Gasteiger partial charge in [-0.15, -0.1) is 12.4 Å². The fourth-order valence-corrected chi connectivity index (χ4v) is 1.05. The molecule has 4 heteroatoms. The van der Waals surface area contributed by atoms with E-state index in [0.29, 0.717) is 18.5 Å². The van der Waals surface area contributed by atoms with Crippen LogP contribution in [0, 0.1) is 0 Å². The number of rotatable bonds is 4. The minimum Gasteiger partial charge on any atom is -0.497 e. The highest BCUT2D eigenvalue weighted by molar-refractivity contribution is 5.96. The van der Waals surface area contributed by atoms with Gasteiger partial charge in [0.15, 0.2) is 5.78 Å². The van der Waals surface area contributed by atoms with E-state index in [9.17, 15) is 4.79 Å². The molecule has 0 aliphatic rings. The van der Waals surface area contributed by atoms with E-state index in [0.717, 1.165) is 5.75 Å². The molecule has 0 aromatic heterocycles. The van der Waals surface area contributed by atoms with Crippen molar-refractivity contribution in [1.29, 1.82) is 0 Å². The summed E-state index contributed by atoms with van der Waals surface area (Å²) in [5.74, 6) is 0.828. The second-order valence-electron chi connectivity index (χ2n) is 2.69. The van der Waals surface area contributed by atoms with Crippen LogP contribution < -0.4 is 10.5 Å². The van der Waals surface area contributed by atoms with E-state index >= 15 is 0 Å². The van der Waals surface area contributed by atoms with Crippen molar-refractivity contribution in [1.82, 2.24) is 0 Å². The van der Waals surface area contributed by atoms with E-state index in [1.54, 1.807) is 31.4 Å². The lowest BCUT2D eigenvalue weighted by atomic mass is 10.1. The van der Waals surface area contributed by atoms with Crippen LogP contribution in [-0.2, 0) is 0 Å². The van der Waals surface area contributed by atoms with E-state index < -0.39 is 0 Å². The van der Waals surface area contributed by atoms with Crippen molar-refractivity contribution < 1.29 is 9.53 Å². The molecule has 0 spiro atoms. The Balaban J connectivity index is 0.00000169. The molecule has 2 N–H and O–H groups in total. The molecule has 0 fully saturated rings. The number of nitrogens with two attached hydrogens (primary N) is 1. The molecule has 0 unspecified atom stereocenters. The summed E-state index contributed by atoms with van der Waals surface area (Å²) < 4.78 is 4.97. The molecule has 1 rings (SSSR count). The number of carbonyl (C=O) groups is 1. The molecule has 0 saturated heterocycles. The van der Waals surface area contributed by atoms with Gasteiger partial charge in [-0.25, -0.2) is 0 Å². The van der Waals surface area contributed by atoms with Gasteiger partial charge in [-0.1, -0.05) is 0 Å². The first-order chi connectivity index (χ1) is 6.27. The molecule has 0 atom stereocenters. The third kappa shape index (κ3) is 3.36. The molecule has 0 amide bonds. The summed E-state index contributed by atoms with van der Waals surface area (Å²) >= 11 is 0. The average molecular weight is 216 g/mol. The Morgan fingerprint density at radius 1 is 1.36 bits per heavy atom. The van der Waals surface area contributed by atoms with Crippen molar-refractivity contribution >= 4 is 18.2 Å². The van der Waals surface area contributed by atoms with Crippen LogP contribution in [0.1, 0.15) is 16.8 Å². The minimum atomic E-state index is 0. The van der Waals surface area contributed by atoms with Crippen molar-refractivity contribution in [2.75, 3.05) is 13.7 Å². The molecule has 0 saturated carbocycles. The van der Waals surface area contributed by atoms with Crippen molar-refractivity contribution in [3.8, 4) is 5.75 Å². The zero-order valence-corrected chi connectivity index (χ0v) is 8.84. The zero-order valence-electron chi connectivity index (χ0n) is 8.03. The number of ketones is 1. The van der Waals surface area contributed by atoms with E-state index in [-0.39, 0.29) is 18.2 Å². The Morgan fingerprint density at radius 3 is 2.36 bits per heavy atom. The summed E-state index contributed by atoms with van der Waals surface area (Å²) in [6, 6.07) is 7.03. The van der Waals surface area contributed by atoms with Crippen molar-refractivity contribution in [2.45, 2.75) is 6.42 Å². The summed E-state index contributed by atoms with van der Waals surface area (Å²) in [4.78, 5) is 11.3. The molecule has 0 heterocycles. The molecule has 78 valence electrons. The SMILES string of the molecule is COc1ccc(C(=O)CCN)cc1.Cl. The van der Waals surface area contributed by atoms with Crippen LogP contribution in [0.25, 0.3) is 0 Å². The van der Waals surface area contributed by atoms with Crippen LogP contribution in [-0.4, -0.2) is 19.4 Å². The Labute approximate surface area is 89.7 Å². The normalized spacial score (nSPS) is 9.00. The van der Waals surface area contributed by atoms with Crippen LogP contribution in [0.15, 0.2) is 24.3 Å². The number of Topliss-reactive ketones (excluding diaryl/α,β-unsaturated/α-hetero) is 1. The number of hydrogen-bond acceptors (Lipinski definition) is 3. The number of benzene rings is 1.